The van der Waals surface area contributed by atoms with Gasteiger partial charge in [0.05, 0.1) is 16.9 Å². The number of halogens is 2. The van der Waals surface area contributed by atoms with Crippen molar-refractivity contribution < 1.29 is 18.5 Å². The second-order valence-electron chi connectivity index (χ2n) is 8.13. The number of anilines is 1. The van der Waals surface area contributed by atoms with Crippen LogP contribution in [-0.2, 0) is 9.59 Å². The van der Waals surface area contributed by atoms with Crippen molar-refractivity contribution in [2.45, 2.75) is 13.8 Å². The summed E-state index contributed by atoms with van der Waals surface area (Å²) >= 11 is 5.97. The van der Waals surface area contributed by atoms with Crippen LogP contribution in [-0.4, -0.2) is 21.6 Å². The number of amides is 2. The van der Waals surface area contributed by atoms with E-state index < -0.39 is 23.2 Å². The summed E-state index contributed by atoms with van der Waals surface area (Å²) in [5.74, 6) is -2.25. The molecule has 4 aromatic rings. The van der Waals surface area contributed by atoms with E-state index in [0.29, 0.717) is 16.4 Å². The Morgan fingerprint density at radius 2 is 1.54 bits per heavy atom. The van der Waals surface area contributed by atoms with Gasteiger partial charge in [0.25, 0.3) is 17.2 Å². The maximum atomic E-state index is 14.7. The van der Waals surface area contributed by atoms with E-state index in [1.165, 1.54) is 33.5 Å². The van der Waals surface area contributed by atoms with Crippen molar-refractivity contribution in [3.8, 4) is 5.69 Å². The number of aryl methyl sites for hydroxylation is 2. The maximum absolute atomic E-state index is 14.7. The van der Waals surface area contributed by atoms with E-state index >= 15 is 0 Å². The molecular weight excluding hydrogens is 471 g/mol. The first-order valence-corrected chi connectivity index (χ1v) is 11.1. The molecule has 35 heavy (non-hydrogen) atoms. The van der Waals surface area contributed by atoms with Crippen molar-refractivity contribution in [2.75, 3.05) is 4.90 Å². The van der Waals surface area contributed by atoms with Crippen LogP contribution in [0.25, 0.3) is 17.0 Å². The third kappa shape index (κ3) is 3.68. The summed E-state index contributed by atoms with van der Waals surface area (Å²) < 4.78 is 17.4. The molecular formula is C26H19ClFN4O3+. The molecule has 7 nitrogen and oxygen atoms in total. The first-order chi connectivity index (χ1) is 16.8. The highest BCUT2D eigenvalue weighted by molar-refractivity contribution is 6.53. The summed E-state index contributed by atoms with van der Waals surface area (Å²) in [4.78, 5) is 41.6. The summed E-state index contributed by atoms with van der Waals surface area (Å²) in [5.41, 5.74) is 0.979. The van der Waals surface area contributed by atoms with E-state index in [0.717, 1.165) is 10.5 Å². The Morgan fingerprint density at radius 1 is 0.886 bits per heavy atom. The third-order valence-corrected chi connectivity index (χ3v) is 6.07. The number of para-hydroxylation sites is 1. The van der Waals surface area contributed by atoms with Crippen LogP contribution in [0.15, 0.2) is 77.9 Å². The molecule has 0 saturated carbocycles. The molecule has 0 atom stereocenters. The number of carbonyl (C=O) groups excluding carboxylic acids is 2. The normalized spacial score (nSPS) is 13.8. The fourth-order valence-electron chi connectivity index (χ4n) is 4.10. The number of carbonyl (C=O) groups is 2. The van der Waals surface area contributed by atoms with E-state index in [2.05, 4.69) is 5.10 Å². The first kappa shape index (κ1) is 22.5. The zero-order valence-corrected chi connectivity index (χ0v) is 19.5. The van der Waals surface area contributed by atoms with Crippen LogP contribution in [0.3, 0.4) is 0 Å². The molecule has 174 valence electrons. The van der Waals surface area contributed by atoms with Crippen LogP contribution in [0.4, 0.5) is 10.1 Å². The molecule has 1 N–H and O–H groups in total. The zero-order valence-electron chi connectivity index (χ0n) is 18.8. The number of hydrogen-bond donors (Lipinski definition) is 1. The van der Waals surface area contributed by atoms with Gasteiger partial charge in [-0.05, 0) is 55.8 Å². The Morgan fingerprint density at radius 3 is 2.20 bits per heavy atom. The lowest BCUT2D eigenvalue weighted by atomic mass is 10.1. The van der Waals surface area contributed by atoms with Gasteiger partial charge in [-0.25, -0.2) is 14.0 Å². The fraction of sp³-hybridized carbons (Fsp3) is 0.0769. The number of nitrogens with zero attached hydrogens (tertiary/aromatic N) is 3. The van der Waals surface area contributed by atoms with Crippen molar-refractivity contribution in [1.82, 2.24) is 9.78 Å². The highest BCUT2D eigenvalue weighted by Gasteiger charge is 2.48. The largest absolute Gasteiger partial charge is 0.331 e. The Labute approximate surface area is 204 Å². The number of aromatic nitrogens is 3. The van der Waals surface area contributed by atoms with Crippen molar-refractivity contribution in [2.24, 2.45) is 0 Å². The highest BCUT2D eigenvalue weighted by atomic mass is 35.5. The second-order valence-corrected chi connectivity index (χ2v) is 8.57. The summed E-state index contributed by atoms with van der Waals surface area (Å²) in [6.07, 6.45) is 3.25. The number of nitrogens with one attached hydrogen (secondary N) is 1. The van der Waals surface area contributed by atoms with Gasteiger partial charge in [0.1, 0.15) is 11.4 Å². The molecule has 9 heteroatoms. The van der Waals surface area contributed by atoms with Gasteiger partial charge in [0.15, 0.2) is 12.4 Å². The monoisotopic (exact) mass is 489 g/mol. The number of aromatic amines is 1. The van der Waals surface area contributed by atoms with Crippen LogP contribution >= 0.6 is 11.6 Å². The molecule has 0 spiro atoms. The van der Waals surface area contributed by atoms with E-state index in [1.807, 2.05) is 6.92 Å². The molecule has 0 bridgehead atoms. The number of rotatable bonds is 4. The lowest BCUT2D eigenvalue weighted by molar-refractivity contribution is -0.576. The van der Waals surface area contributed by atoms with Gasteiger partial charge in [-0.2, -0.15) is 4.57 Å². The van der Waals surface area contributed by atoms with E-state index in [-0.39, 0.29) is 22.5 Å². The molecule has 5 rings (SSSR count). The Balaban J connectivity index is 1.76. The van der Waals surface area contributed by atoms with E-state index in [9.17, 15) is 18.8 Å². The van der Waals surface area contributed by atoms with Crippen LogP contribution in [0.2, 0.25) is 5.02 Å². The van der Waals surface area contributed by atoms with Gasteiger partial charge in [0, 0.05) is 22.8 Å². The molecule has 1 aliphatic heterocycles. The van der Waals surface area contributed by atoms with Crippen LogP contribution in [0.1, 0.15) is 16.8 Å². The van der Waals surface area contributed by atoms with Crippen LogP contribution in [0.5, 0.6) is 0 Å². The molecule has 2 amide bonds. The molecule has 0 saturated heterocycles. The van der Waals surface area contributed by atoms with Gasteiger partial charge in [-0.15, -0.1) is 0 Å². The number of hydrogen-bond acceptors (Lipinski definition) is 3. The van der Waals surface area contributed by atoms with Crippen molar-refractivity contribution in [3.63, 3.8) is 0 Å². The average Bonchev–Trinajstić information content (AvgIpc) is 3.26. The quantitative estimate of drug-likeness (QED) is 0.350. The minimum Gasteiger partial charge on any atom is -0.295 e. The smallest absolute Gasteiger partial charge is 0.295 e. The predicted molar refractivity (Wildman–Crippen MR) is 130 cm³/mol. The average molecular weight is 490 g/mol. The molecule has 0 fully saturated rings. The Kier molecular flexibility index (Phi) is 5.45. The van der Waals surface area contributed by atoms with Crippen molar-refractivity contribution >= 4 is 40.4 Å². The number of imide groups is 1. The third-order valence-electron chi connectivity index (χ3n) is 5.81. The Bertz CT molecular complexity index is 1580. The molecule has 2 aromatic heterocycles. The summed E-state index contributed by atoms with van der Waals surface area (Å²) in [5, 5.41) is 3.47. The summed E-state index contributed by atoms with van der Waals surface area (Å²) in [6.45, 7) is 3.52. The highest BCUT2D eigenvalue weighted by Crippen LogP contribution is 2.34. The van der Waals surface area contributed by atoms with E-state index in [4.69, 9.17) is 11.6 Å². The molecule has 0 unspecified atom stereocenters. The lowest BCUT2D eigenvalue weighted by Gasteiger charge is -2.14. The standard InChI is InChI=1S/C26H18ClFN4O3/c1-15-11-13-30(14-12-15)23-22(24(33)31(26(23)35)20-6-4-3-5-19(20)28)21-16(2)29-32(25(21)34)18-9-7-17(27)8-10-18/h3-14H,1-2H3/p+1. The molecule has 3 heterocycles. The SMILES string of the molecule is Cc1cc[n+](C2=C(c3c(C)[nH]n(-c4ccc(Cl)cc4)c3=O)C(=O)N(c3ccccc3F)C2=O)cc1. The Hall–Kier alpha value is -4.30. The zero-order chi connectivity index (χ0) is 24.9. The minimum atomic E-state index is -0.786. The molecule has 0 aliphatic carbocycles. The van der Waals surface area contributed by atoms with E-state index in [1.54, 1.807) is 55.7 Å². The van der Waals surface area contributed by atoms with Gasteiger partial charge >= 0.3 is 5.91 Å². The molecule has 1 aliphatic rings. The van der Waals surface area contributed by atoms with Crippen molar-refractivity contribution in [3.05, 3.63) is 111 Å². The second kappa shape index (κ2) is 8.48. The van der Waals surface area contributed by atoms with Crippen LogP contribution in [0, 0.1) is 19.7 Å². The molecule has 2 aromatic carbocycles. The number of benzene rings is 2. The van der Waals surface area contributed by atoms with Gasteiger partial charge in [0.2, 0.25) is 0 Å². The van der Waals surface area contributed by atoms with Gasteiger partial charge < -0.3 is 0 Å². The number of H-pyrrole nitrogens is 1. The number of pyridine rings is 1. The maximum Gasteiger partial charge on any atom is 0.331 e. The summed E-state index contributed by atoms with van der Waals surface area (Å²) in [7, 11) is 0. The predicted octanol–water partition coefficient (Wildman–Crippen LogP) is 3.80. The topological polar surface area (TPSA) is 79.1 Å². The minimum absolute atomic E-state index is 0.0280. The molecule has 0 radical (unpaired) electrons. The lowest BCUT2D eigenvalue weighted by Crippen LogP contribution is -2.39. The van der Waals surface area contributed by atoms with Gasteiger partial charge in [-0.3, -0.25) is 19.5 Å². The van der Waals surface area contributed by atoms with Gasteiger partial charge in [-0.1, -0.05) is 23.7 Å². The first-order valence-electron chi connectivity index (χ1n) is 10.7. The fourth-order valence-corrected chi connectivity index (χ4v) is 4.22. The van der Waals surface area contributed by atoms with Crippen LogP contribution < -0.4 is 15.0 Å². The van der Waals surface area contributed by atoms with Crippen molar-refractivity contribution in [1.29, 1.82) is 0 Å². The summed E-state index contributed by atoms with van der Waals surface area (Å²) in [6, 6.07) is 15.6.